The lowest BCUT2D eigenvalue weighted by Gasteiger charge is -2.00. The van der Waals surface area contributed by atoms with Gasteiger partial charge in [-0.3, -0.25) is 4.98 Å². The van der Waals surface area contributed by atoms with Crippen LogP contribution in [0.4, 0.5) is 4.39 Å². The second-order valence-corrected chi connectivity index (χ2v) is 5.63. The fraction of sp³-hybridized carbons (Fsp3) is 0.125. The lowest BCUT2D eigenvalue weighted by atomic mass is 10.1. The van der Waals surface area contributed by atoms with Crippen molar-refractivity contribution in [3.63, 3.8) is 0 Å². The second kappa shape index (κ2) is 6.11. The minimum absolute atomic E-state index is 0.339. The summed E-state index contributed by atoms with van der Waals surface area (Å²) in [7, 11) is 1.91. The van der Waals surface area contributed by atoms with E-state index in [1.165, 1.54) is 12.3 Å². The number of hydrogen-bond donors (Lipinski definition) is 1. The van der Waals surface area contributed by atoms with E-state index in [1.807, 2.05) is 37.4 Å². The molecule has 106 valence electrons. The first-order valence-electron chi connectivity index (χ1n) is 6.59. The van der Waals surface area contributed by atoms with Crippen LogP contribution < -0.4 is 5.32 Å². The van der Waals surface area contributed by atoms with Crippen molar-refractivity contribution >= 4 is 11.3 Å². The summed E-state index contributed by atoms with van der Waals surface area (Å²) in [5.74, 6) is -0.339. The lowest BCUT2D eigenvalue weighted by molar-refractivity contribution is 0.622. The zero-order valence-corrected chi connectivity index (χ0v) is 12.3. The molecule has 2 aromatic heterocycles. The first-order chi connectivity index (χ1) is 10.3. The number of thiazole rings is 1. The average Bonchev–Trinajstić information content (AvgIpc) is 2.93. The topological polar surface area (TPSA) is 37.8 Å². The molecule has 0 atom stereocenters. The summed E-state index contributed by atoms with van der Waals surface area (Å²) in [5.41, 5.74) is 2.73. The van der Waals surface area contributed by atoms with E-state index in [0.29, 0.717) is 5.69 Å². The van der Waals surface area contributed by atoms with Gasteiger partial charge in [0, 0.05) is 17.0 Å². The van der Waals surface area contributed by atoms with E-state index in [1.54, 1.807) is 17.4 Å². The molecule has 3 aromatic rings. The predicted octanol–water partition coefficient (Wildman–Crippen LogP) is 3.73. The van der Waals surface area contributed by atoms with Crippen molar-refractivity contribution in [3.05, 3.63) is 59.4 Å². The number of pyridine rings is 1. The number of aromatic nitrogens is 2. The minimum Gasteiger partial charge on any atom is -0.315 e. The molecule has 0 spiro atoms. The molecule has 1 aromatic carbocycles. The molecule has 0 fully saturated rings. The maximum absolute atomic E-state index is 13.0. The first-order valence-corrected chi connectivity index (χ1v) is 7.41. The first kappa shape index (κ1) is 13.9. The normalized spacial score (nSPS) is 10.8. The van der Waals surface area contributed by atoms with Gasteiger partial charge in [0.1, 0.15) is 10.8 Å². The van der Waals surface area contributed by atoms with Gasteiger partial charge in [0.25, 0.3) is 0 Å². The van der Waals surface area contributed by atoms with Crippen LogP contribution in [0.3, 0.4) is 0 Å². The monoisotopic (exact) mass is 299 g/mol. The van der Waals surface area contributed by atoms with E-state index in [2.05, 4.69) is 10.3 Å². The fourth-order valence-electron chi connectivity index (χ4n) is 2.07. The Bertz CT molecular complexity index is 723. The molecular weight excluding hydrogens is 285 g/mol. The van der Waals surface area contributed by atoms with Gasteiger partial charge in [-0.05, 0) is 19.2 Å². The quantitative estimate of drug-likeness (QED) is 0.797. The highest BCUT2D eigenvalue weighted by molar-refractivity contribution is 7.15. The van der Waals surface area contributed by atoms with Gasteiger partial charge in [-0.25, -0.2) is 9.37 Å². The van der Waals surface area contributed by atoms with Crippen LogP contribution in [0.5, 0.6) is 0 Å². The van der Waals surface area contributed by atoms with Gasteiger partial charge in [-0.1, -0.05) is 30.3 Å². The van der Waals surface area contributed by atoms with Crippen LogP contribution >= 0.6 is 11.3 Å². The van der Waals surface area contributed by atoms with Crippen molar-refractivity contribution in [1.29, 1.82) is 0 Å². The summed E-state index contributed by atoms with van der Waals surface area (Å²) in [6.45, 7) is 0.739. The highest BCUT2D eigenvalue weighted by Crippen LogP contribution is 2.32. The Morgan fingerprint density at radius 3 is 2.62 bits per heavy atom. The van der Waals surface area contributed by atoms with Crippen LogP contribution in [-0.4, -0.2) is 17.0 Å². The molecule has 5 heteroatoms. The molecule has 21 heavy (non-hydrogen) atoms. The summed E-state index contributed by atoms with van der Waals surface area (Å²) in [6.07, 6.45) is 1.22. The molecule has 0 aliphatic rings. The number of nitrogens with zero attached hydrogens (tertiary/aromatic N) is 2. The second-order valence-electron chi connectivity index (χ2n) is 4.55. The third-order valence-corrected chi connectivity index (χ3v) is 4.11. The zero-order chi connectivity index (χ0) is 14.7. The van der Waals surface area contributed by atoms with E-state index in [4.69, 9.17) is 4.98 Å². The Morgan fingerprint density at radius 2 is 1.95 bits per heavy atom. The van der Waals surface area contributed by atoms with Crippen LogP contribution in [0, 0.1) is 5.82 Å². The predicted molar refractivity (Wildman–Crippen MR) is 83.5 cm³/mol. The van der Waals surface area contributed by atoms with Gasteiger partial charge in [-0.2, -0.15) is 0 Å². The smallest absolute Gasteiger partial charge is 0.142 e. The van der Waals surface area contributed by atoms with E-state index in [0.717, 1.165) is 27.7 Å². The number of hydrogen-bond acceptors (Lipinski definition) is 4. The van der Waals surface area contributed by atoms with E-state index >= 15 is 0 Å². The fourth-order valence-corrected chi connectivity index (χ4v) is 3.14. The molecule has 0 radical (unpaired) electrons. The summed E-state index contributed by atoms with van der Waals surface area (Å²) >= 11 is 1.58. The van der Waals surface area contributed by atoms with Crippen molar-refractivity contribution in [2.45, 2.75) is 6.54 Å². The van der Waals surface area contributed by atoms with Crippen LogP contribution in [-0.2, 0) is 6.54 Å². The van der Waals surface area contributed by atoms with E-state index in [9.17, 15) is 4.39 Å². The molecule has 3 nitrogen and oxygen atoms in total. The molecule has 0 unspecified atom stereocenters. The summed E-state index contributed by atoms with van der Waals surface area (Å²) in [4.78, 5) is 9.95. The van der Waals surface area contributed by atoms with Gasteiger partial charge in [0.2, 0.25) is 0 Å². The summed E-state index contributed by atoms with van der Waals surface area (Å²) in [5, 5.41) is 3.96. The highest BCUT2D eigenvalue weighted by atomic mass is 32.1. The third kappa shape index (κ3) is 2.99. The van der Waals surface area contributed by atoms with Crippen LogP contribution in [0.1, 0.15) is 4.88 Å². The molecule has 0 aliphatic carbocycles. The van der Waals surface area contributed by atoms with Crippen molar-refractivity contribution in [2.75, 3.05) is 7.05 Å². The maximum Gasteiger partial charge on any atom is 0.142 e. The molecule has 0 aliphatic heterocycles. The highest BCUT2D eigenvalue weighted by Gasteiger charge is 2.14. The molecule has 0 saturated carbocycles. The molecule has 0 amide bonds. The number of halogens is 1. The van der Waals surface area contributed by atoms with Crippen molar-refractivity contribution in [2.24, 2.45) is 0 Å². The summed E-state index contributed by atoms with van der Waals surface area (Å²) < 4.78 is 13.0. The Kier molecular flexibility index (Phi) is 4.03. The van der Waals surface area contributed by atoms with Crippen LogP contribution in [0.2, 0.25) is 0 Å². The molecule has 0 bridgehead atoms. The van der Waals surface area contributed by atoms with Gasteiger partial charge in [0.05, 0.1) is 17.6 Å². The Labute approximate surface area is 126 Å². The van der Waals surface area contributed by atoms with Gasteiger partial charge in [0.15, 0.2) is 0 Å². The minimum atomic E-state index is -0.339. The Morgan fingerprint density at radius 1 is 1.14 bits per heavy atom. The van der Waals surface area contributed by atoms with Gasteiger partial charge in [-0.15, -0.1) is 11.3 Å². The largest absolute Gasteiger partial charge is 0.315 e. The van der Waals surface area contributed by atoms with Crippen molar-refractivity contribution in [3.8, 4) is 22.0 Å². The maximum atomic E-state index is 13.0. The molecule has 0 saturated heterocycles. The third-order valence-electron chi connectivity index (χ3n) is 3.03. The van der Waals surface area contributed by atoms with E-state index in [-0.39, 0.29) is 5.82 Å². The zero-order valence-electron chi connectivity index (χ0n) is 11.5. The Hall–Kier alpha value is -2.11. The van der Waals surface area contributed by atoms with E-state index < -0.39 is 0 Å². The SMILES string of the molecule is CNCc1sc(-c2ccc(F)cn2)nc1-c1ccccc1. The standard InChI is InChI=1S/C16H14FN3S/c1-18-10-14-15(11-5-3-2-4-6-11)20-16(21-14)13-8-7-12(17)9-19-13/h2-9,18H,10H2,1H3. The molecular formula is C16H14FN3S. The van der Waals surface area contributed by atoms with Crippen molar-refractivity contribution < 1.29 is 4.39 Å². The van der Waals surface area contributed by atoms with Crippen molar-refractivity contribution in [1.82, 2.24) is 15.3 Å². The number of nitrogens with one attached hydrogen (secondary N) is 1. The lowest BCUT2D eigenvalue weighted by Crippen LogP contribution is -2.04. The number of benzene rings is 1. The molecule has 1 N–H and O–H groups in total. The molecule has 2 heterocycles. The van der Waals surface area contributed by atoms with Crippen LogP contribution in [0.15, 0.2) is 48.7 Å². The summed E-state index contributed by atoms with van der Waals surface area (Å²) in [6, 6.07) is 13.1. The van der Waals surface area contributed by atoms with Crippen LogP contribution in [0.25, 0.3) is 22.0 Å². The number of rotatable bonds is 4. The Balaban J connectivity index is 2.06. The average molecular weight is 299 g/mol. The molecule has 3 rings (SSSR count). The van der Waals surface area contributed by atoms with Gasteiger partial charge >= 0.3 is 0 Å². The van der Waals surface area contributed by atoms with Gasteiger partial charge < -0.3 is 5.32 Å².